The number of hydrogen-bond donors (Lipinski definition) is 0. The van der Waals surface area contributed by atoms with Gasteiger partial charge < -0.3 is 14.4 Å². The molecule has 0 saturated carbocycles. The Balaban J connectivity index is 1.73. The Morgan fingerprint density at radius 2 is 2.13 bits per heavy atom. The van der Waals surface area contributed by atoms with Gasteiger partial charge in [0, 0.05) is 48.7 Å². The van der Waals surface area contributed by atoms with Crippen LogP contribution in [0.3, 0.4) is 0 Å². The number of allylic oxidation sites excluding steroid dienone is 3. The molecule has 0 radical (unpaired) electrons. The summed E-state index contributed by atoms with van der Waals surface area (Å²) in [6.07, 6.45) is 8.21. The molecule has 31 heavy (non-hydrogen) atoms. The van der Waals surface area contributed by atoms with Crippen LogP contribution in [0.2, 0.25) is 0 Å². The largest absolute Gasteiger partial charge is 0.442 e. The van der Waals surface area contributed by atoms with Gasteiger partial charge in [-0.05, 0) is 42.6 Å². The molecule has 7 nitrogen and oxygen atoms in total. The highest BCUT2D eigenvalue weighted by molar-refractivity contribution is 6.00. The number of fused-ring (bicyclic) bond motifs is 2. The third kappa shape index (κ3) is 3.55. The Labute approximate surface area is 183 Å². The Bertz CT molecular complexity index is 988. The highest BCUT2D eigenvalue weighted by atomic mass is 16.6. The summed E-state index contributed by atoms with van der Waals surface area (Å²) in [7, 11) is 1.82. The fraction of sp³-hybridized carbons (Fsp3) is 0.542. The SMILES string of the molecule is CC1=C2C[C@@]3(C)C(=C[C@@H](OCC(C)C)[C@H](OC(=O)n4ccnc4)[C@@H]3C)C=C2N(C)C1=O. The molecular weight excluding hydrogens is 394 g/mol. The van der Waals surface area contributed by atoms with Crippen LogP contribution >= 0.6 is 0 Å². The number of rotatable bonds is 4. The first kappa shape index (κ1) is 21.6. The molecular formula is C24H31N3O4. The molecule has 2 heterocycles. The minimum absolute atomic E-state index is 0.0174. The lowest BCUT2D eigenvalue weighted by atomic mass is 9.59. The number of amides is 1. The molecule has 0 fully saturated rings. The van der Waals surface area contributed by atoms with Crippen molar-refractivity contribution >= 4 is 12.0 Å². The quantitative estimate of drug-likeness (QED) is 0.731. The maximum absolute atomic E-state index is 12.7. The van der Waals surface area contributed by atoms with E-state index in [9.17, 15) is 9.59 Å². The van der Waals surface area contributed by atoms with E-state index in [0.29, 0.717) is 12.5 Å². The van der Waals surface area contributed by atoms with Crippen LogP contribution in [0.5, 0.6) is 0 Å². The van der Waals surface area contributed by atoms with Crippen LogP contribution in [0, 0.1) is 17.3 Å². The van der Waals surface area contributed by atoms with Crippen molar-refractivity contribution in [3.63, 3.8) is 0 Å². The van der Waals surface area contributed by atoms with Crippen LogP contribution in [0.15, 0.2) is 53.3 Å². The Morgan fingerprint density at radius 3 is 2.77 bits per heavy atom. The second-order valence-corrected chi connectivity index (χ2v) is 9.51. The van der Waals surface area contributed by atoms with Crippen molar-refractivity contribution in [1.29, 1.82) is 0 Å². The molecule has 0 unspecified atom stereocenters. The van der Waals surface area contributed by atoms with E-state index >= 15 is 0 Å². The summed E-state index contributed by atoms with van der Waals surface area (Å²) in [4.78, 5) is 31.0. The molecule has 0 bridgehead atoms. The van der Waals surface area contributed by atoms with Crippen LogP contribution in [0.25, 0.3) is 0 Å². The third-order valence-electron chi connectivity index (χ3n) is 6.98. The zero-order valence-corrected chi connectivity index (χ0v) is 19.1. The number of ether oxygens (including phenoxy) is 2. The van der Waals surface area contributed by atoms with Crippen LogP contribution in [-0.2, 0) is 14.3 Å². The first-order valence-corrected chi connectivity index (χ1v) is 10.9. The first-order chi connectivity index (χ1) is 14.6. The van der Waals surface area contributed by atoms with E-state index in [2.05, 4.69) is 44.8 Å². The fourth-order valence-corrected chi connectivity index (χ4v) is 4.81. The predicted molar refractivity (Wildman–Crippen MR) is 116 cm³/mol. The molecule has 4 atom stereocenters. The highest BCUT2D eigenvalue weighted by Gasteiger charge is 2.51. The van der Waals surface area contributed by atoms with Gasteiger partial charge in [0.2, 0.25) is 0 Å². The van der Waals surface area contributed by atoms with Gasteiger partial charge >= 0.3 is 6.09 Å². The molecule has 1 aromatic heterocycles. The summed E-state index contributed by atoms with van der Waals surface area (Å²) in [6, 6.07) is 0. The summed E-state index contributed by atoms with van der Waals surface area (Å²) in [5.41, 5.74) is 3.71. The fourth-order valence-electron chi connectivity index (χ4n) is 4.81. The zero-order chi connectivity index (χ0) is 22.5. The van der Waals surface area contributed by atoms with E-state index in [1.807, 2.05) is 14.0 Å². The molecule has 0 saturated heterocycles. The summed E-state index contributed by atoms with van der Waals surface area (Å²) < 4.78 is 13.5. The zero-order valence-electron chi connectivity index (χ0n) is 19.1. The van der Waals surface area contributed by atoms with Gasteiger partial charge in [-0.2, -0.15) is 0 Å². The minimum atomic E-state index is -0.467. The van der Waals surface area contributed by atoms with Gasteiger partial charge in [-0.15, -0.1) is 0 Å². The van der Waals surface area contributed by atoms with Gasteiger partial charge in [-0.3, -0.25) is 4.79 Å². The summed E-state index contributed by atoms with van der Waals surface area (Å²) >= 11 is 0. The van der Waals surface area contributed by atoms with Crippen LogP contribution < -0.4 is 0 Å². The van der Waals surface area contributed by atoms with Gasteiger partial charge in [0.05, 0.1) is 0 Å². The lowest BCUT2D eigenvalue weighted by Crippen LogP contribution is -2.50. The second kappa shape index (κ2) is 7.79. The number of nitrogens with zero attached hydrogens (tertiary/aromatic N) is 3. The number of hydrogen-bond acceptors (Lipinski definition) is 5. The van der Waals surface area contributed by atoms with E-state index in [4.69, 9.17) is 9.47 Å². The van der Waals surface area contributed by atoms with E-state index in [0.717, 1.165) is 28.8 Å². The highest BCUT2D eigenvalue weighted by Crippen LogP contribution is 2.54. The monoisotopic (exact) mass is 425 g/mol. The topological polar surface area (TPSA) is 73.7 Å². The average molecular weight is 426 g/mol. The van der Waals surface area contributed by atoms with Gasteiger partial charge in [-0.25, -0.2) is 14.3 Å². The smallest absolute Gasteiger partial charge is 0.419 e. The summed E-state index contributed by atoms with van der Waals surface area (Å²) in [5.74, 6) is 0.385. The van der Waals surface area contributed by atoms with Crippen molar-refractivity contribution in [2.45, 2.75) is 53.2 Å². The van der Waals surface area contributed by atoms with Gasteiger partial charge in [0.1, 0.15) is 18.5 Å². The number of imidazole rings is 1. The molecule has 7 heteroatoms. The normalized spacial score (nSPS) is 30.2. The lowest BCUT2D eigenvalue weighted by molar-refractivity contribution is -0.123. The van der Waals surface area contributed by atoms with Crippen molar-refractivity contribution in [3.8, 4) is 0 Å². The molecule has 0 aromatic carbocycles. The van der Waals surface area contributed by atoms with Crippen molar-refractivity contribution in [3.05, 3.63) is 53.3 Å². The number of carbonyl (C=O) groups is 2. The maximum atomic E-state index is 12.7. The molecule has 4 rings (SSSR count). The van der Waals surface area contributed by atoms with Crippen molar-refractivity contribution in [1.82, 2.24) is 14.5 Å². The molecule has 1 aliphatic heterocycles. The van der Waals surface area contributed by atoms with Gasteiger partial charge in [-0.1, -0.05) is 27.7 Å². The Morgan fingerprint density at radius 1 is 1.39 bits per heavy atom. The van der Waals surface area contributed by atoms with Crippen LogP contribution in [0.4, 0.5) is 4.79 Å². The summed E-state index contributed by atoms with van der Waals surface area (Å²) in [6.45, 7) is 11.0. The van der Waals surface area contributed by atoms with E-state index < -0.39 is 12.2 Å². The standard InChI is InChI=1S/C24H31N3O4/c1-14(2)12-30-20-10-17-9-19-18(15(3)22(28)26(19)6)11-24(17,5)16(4)21(20)31-23(29)27-8-7-25-13-27/h7-10,13-14,16,20-21H,11-12H2,1-6H3/t16-,20+,21+,24+/m0/s1. The maximum Gasteiger partial charge on any atom is 0.419 e. The number of likely N-dealkylation sites (N-methyl/N-ethyl adjacent to an activating group) is 1. The van der Waals surface area contributed by atoms with E-state index in [1.165, 1.54) is 10.9 Å². The lowest BCUT2D eigenvalue weighted by Gasteiger charge is -2.49. The van der Waals surface area contributed by atoms with Crippen LogP contribution in [0.1, 0.15) is 41.0 Å². The van der Waals surface area contributed by atoms with E-state index in [-0.39, 0.29) is 23.3 Å². The molecule has 3 aliphatic rings. The molecule has 0 N–H and O–H groups in total. The average Bonchev–Trinajstić information content (AvgIpc) is 3.33. The predicted octanol–water partition coefficient (Wildman–Crippen LogP) is 3.94. The Kier molecular flexibility index (Phi) is 5.41. The molecule has 1 amide bonds. The first-order valence-electron chi connectivity index (χ1n) is 10.9. The minimum Gasteiger partial charge on any atom is -0.442 e. The molecule has 2 aliphatic carbocycles. The van der Waals surface area contributed by atoms with Crippen LogP contribution in [-0.4, -0.2) is 52.3 Å². The number of carbonyl (C=O) groups excluding carboxylic acids is 2. The van der Waals surface area contributed by atoms with Crippen molar-refractivity contribution < 1.29 is 19.1 Å². The van der Waals surface area contributed by atoms with Gasteiger partial charge in [0.15, 0.2) is 0 Å². The molecule has 166 valence electrons. The van der Waals surface area contributed by atoms with Crippen molar-refractivity contribution in [2.75, 3.05) is 13.7 Å². The van der Waals surface area contributed by atoms with E-state index in [1.54, 1.807) is 17.3 Å². The van der Waals surface area contributed by atoms with Crippen molar-refractivity contribution in [2.24, 2.45) is 17.3 Å². The third-order valence-corrected chi connectivity index (χ3v) is 6.98. The van der Waals surface area contributed by atoms with Gasteiger partial charge in [0.25, 0.3) is 5.91 Å². The second-order valence-electron chi connectivity index (χ2n) is 9.51. The molecule has 1 aromatic rings. The Hall–Kier alpha value is -2.67. The summed E-state index contributed by atoms with van der Waals surface area (Å²) in [5, 5.41) is 0. The number of aromatic nitrogens is 2. The molecule has 0 spiro atoms.